The third-order valence-corrected chi connectivity index (χ3v) is 9.42. The molecule has 0 saturated heterocycles. The summed E-state index contributed by atoms with van der Waals surface area (Å²) in [5, 5.41) is 3.34. The Hall–Kier alpha value is -4.14. The molecule has 0 fully saturated rings. The van der Waals surface area contributed by atoms with Crippen LogP contribution in [0.3, 0.4) is 0 Å². The molecule has 0 aliphatic carbocycles. The van der Waals surface area contributed by atoms with Gasteiger partial charge in [0.05, 0.1) is 10.6 Å². The van der Waals surface area contributed by atoms with Crippen LogP contribution in [0.2, 0.25) is 5.02 Å². The monoisotopic (exact) mass is 631 g/mol. The maximum absolute atomic E-state index is 14.4. The number of nitrogens with one attached hydrogen (secondary N) is 1. The van der Waals surface area contributed by atoms with Gasteiger partial charge in [0.1, 0.15) is 12.6 Å². The molecule has 0 bridgehead atoms. The van der Waals surface area contributed by atoms with Crippen LogP contribution in [0.4, 0.5) is 5.69 Å². The first-order valence-electron chi connectivity index (χ1n) is 14.5. The first-order chi connectivity index (χ1) is 21.0. The molecule has 7 nitrogen and oxygen atoms in total. The summed E-state index contributed by atoms with van der Waals surface area (Å²) in [4.78, 5) is 29.7. The first-order valence-corrected chi connectivity index (χ1v) is 16.3. The number of hydrogen-bond donors (Lipinski definition) is 1. The van der Waals surface area contributed by atoms with Gasteiger partial charge in [0, 0.05) is 24.0 Å². The third kappa shape index (κ3) is 8.27. The van der Waals surface area contributed by atoms with Crippen LogP contribution in [-0.4, -0.2) is 43.8 Å². The van der Waals surface area contributed by atoms with E-state index in [1.54, 1.807) is 30.3 Å². The molecule has 0 radical (unpaired) electrons. The van der Waals surface area contributed by atoms with Crippen LogP contribution in [0.25, 0.3) is 0 Å². The predicted octanol–water partition coefficient (Wildman–Crippen LogP) is 6.32. The van der Waals surface area contributed by atoms with E-state index in [9.17, 15) is 18.0 Å². The van der Waals surface area contributed by atoms with Gasteiger partial charge in [-0.1, -0.05) is 96.0 Å². The maximum Gasteiger partial charge on any atom is 0.264 e. The summed E-state index contributed by atoms with van der Waals surface area (Å²) in [6.45, 7) is 6.97. The Bertz CT molecular complexity index is 1680. The lowest BCUT2D eigenvalue weighted by molar-refractivity contribution is -0.140. The summed E-state index contributed by atoms with van der Waals surface area (Å²) in [6.07, 6.45) is 0.249. The van der Waals surface area contributed by atoms with Crippen molar-refractivity contribution in [1.29, 1.82) is 0 Å². The third-order valence-electron chi connectivity index (χ3n) is 7.23. The standard InChI is InChI=1S/C35H38ClN3O4S/c1-25(2)37-35(41)33(21-28-11-7-5-8-12-28)38(23-29-13-9-6-10-14-29)34(40)24-39(30-18-17-27(4)32(36)22-30)44(42,43)31-19-15-26(3)16-20-31/h5-20,22,25,33H,21,23-24H2,1-4H3,(H,37,41)/t33-/m1/s1. The van der Waals surface area contributed by atoms with Gasteiger partial charge >= 0.3 is 0 Å². The van der Waals surface area contributed by atoms with Gasteiger partial charge in [0.25, 0.3) is 10.0 Å². The zero-order chi connectivity index (χ0) is 31.9. The smallest absolute Gasteiger partial charge is 0.264 e. The van der Waals surface area contributed by atoms with Crippen LogP contribution >= 0.6 is 11.6 Å². The van der Waals surface area contributed by atoms with E-state index in [0.717, 1.165) is 26.6 Å². The van der Waals surface area contributed by atoms with Crippen molar-refractivity contribution in [1.82, 2.24) is 10.2 Å². The van der Waals surface area contributed by atoms with Crippen LogP contribution in [0.15, 0.2) is 108 Å². The molecule has 4 aromatic rings. The number of hydrogen-bond acceptors (Lipinski definition) is 4. The number of carbonyl (C=O) groups is 2. The van der Waals surface area contributed by atoms with Gasteiger partial charge in [-0.05, 0) is 68.7 Å². The Morgan fingerprint density at radius 1 is 0.818 bits per heavy atom. The van der Waals surface area contributed by atoms with Crippen molar-refractivity contribution >= 4 is 39.1 Å². The molecule has 1 N–H and O–H groups in total. The predicted molar refractivity (Wildman–Crippen MR) is 176 cm³/mol. The molecule has 44 heavy (non-hydrogen) atoms. The second kappa shape index (κ2) is 14.6. The summed E-state index contributed by atoms with van der Waals surface area (Å²) in [5.74, 6) is -0.847. The van der Waals surface area contributed by atoms with Crippen molar-refractivity contribution in [3.63, 3.8) is 0 Å². The second-order valence-corrected chi connectivity index (χ2v) is 13.4. The minimum absolute atomic E-state index is 0.0422. The van der Waals surface area contributed by atoms with E-state index >= 15 is 0 Å². The van der Waals surface area contributed by atoms with E-state index in [-0.39, 0.29) is 35.5 Å². The Kier molecular flexibility index (Phi) is 10.8. The average molecular weight is 632 g/mol. The fourth-order valence-corrected chi connectivity index (χ4v) is 6.40. The zero-order valence-corrected chi connectivity index (χ0v) is 27.0. The number of carbonyl (C=O) groups excluding carboxylic acids is 2. The van der Waals surface area contributed by atoms with Gasteiger partial charge in [0.2, 0.25) is 11.8 Å². The highest BCUT2D eigenvalue weighted by molar-refractivity contribution is 7.92. The molecular formula is C35H38ClN3O4S. The molecule has 0 aliphatic rings. The summed E-state index contributed by atoms with van der Waals surface area (Å²) >= 11 is 6.44. The Morgan fingerprint density at radius 3 is 1.98 bits per heavy atom. The largest absolute Gasteiger partial charge is 0.352 e. The van der Waals surface area contributed by atoms with E-state index in [0.29, 0.717) is 5.02 Å². The van der Waals surface area contributed by atoms with Crippen LogP contribution in [0, 0.1) is 13.8 Å². The van der Waals surface area contributed by atoms with E-state index in [4.69, 9.17) is 11.6 Å². The quantitative estimate of drug-likeness (QED) is 0.198. The number of halogens is 1. The van der Waals surface area contributed by atoms with Crippen LogP contribution < -0.4 is 9.62 Å². The van der Waals surface area contributed by atoms with Crippen LogP contribution in [0.1, 0.15) is 36.1 Å². The molecule has 0 aromatic heterocycles. The van der Waals surface area contributed by atoms with E-state index in [2.05, 4.69) is 5.32 Å². The van der Waals surface area contributed by atoms with Crippen LogP contribution in [0.5, 0.6) is 0 Å². The van der Waals surface area contributed by atoms with Crippen LogP contribution in [-0.2, 0) is 32.6 Å². The molecular weight excluding hydrogens is 594 g/mol. The van der Waals surface area contributed by atoms with Gasteiger partial charge in [-0.3, -0.25) is 13.9 Å². The number of aryl methyl sites for hydroxylation is 2. The lowest BCUT2D eigenvalue weighted by Crippen LogP contribution is -2.54. The van der Waals surface area contributed by atoms with Gasteiger partial charge in [-0.2, -0.15) is 0 Å². The van der Waals surface area contributed by atoms with Crippen molar-refractivity contribution in [2.75, 3.05) is 10.8 Å². The Morgan fingerprint density at radius 2 is 1.41 bits per heavy atom. The van der Waals surface area contributed by atoms with Gasteiger partial charge in [0.15, 0.2) is 0 Å². The Balaban J connectivity index is 1.81. The van der Waals surface area contributed by atoms with Gasteiger partial charge in [-0.25, -0.2) is 8.42 Å². The van der Waals surface area contributed by atoms with Crippen molar-refractivity contribution in [3.8, 4) is 0 Å². The number of amides is 2. The summed E-state index contributed by atoms with van der Waals surface area (Å²) in [6, 6.07) is 29.1. The number of rotatable bonds is 12. The highest BCUT2D eigenvalue weighted by Crippen LogP contribution is 2.29. The topological polar surface area (TPSA) is 86.8 Å². The number of nitrogens with zero attached hydrogens (tertiary/aromatic N) is 2. The zero-order valence-electron chi connectivity index (χ0n) is 25.4. The minimum atomic E-state index is -4.20. The molecule has 1 atom stereocenters. The maximum atomic E-state index is 14.4. The van der Waals surface area contributed by atoms with Crippen molar-refractivity contribution in [3.05, 3.63) is 130 Å². The number of sulfonamides is 1. The van der Waals surface area contributed by atoms with Crippen molar-refractivity contribution < 1.29 is 18.0 Å². The van der Waals surface area contributed by atoms with E-state index in [1.165, 1.54) is 17.0 Å². The Labute approximate surface area is 265 Å². The number of anilines is 1. The molecule has 4 aromatic carbocycles. The van der Waals surface area contributed by atoms with Gasteiger partial charge < -0.3 is 10.2 Å². The molecule has 2 amide bonds. The average Bonchev–Trinajstić information content (AvgIpc) is 3.00. The molecule has 0 aliphatic heterocycles. The first kappa shape index (κ1) is 32.8. The molecule has 0 saturated carbocycles. The molecule has 0 spiro atoms. The van der Waals surface area contributed by atoms with Crippen molar-refractivity contribution in [2.45, 2.75) is 57.6 Å². The SMILES string of the molecule is Cc1ccc(S(=O)(=O)N(CC(=O)N(Cc2ccccc2)[C@H](Cc2ccccc2)C(=O)NC(C)C)c2ccc(C)c(Cl)c2)cc1. The number of benzene rings is 4. The normalized spacial score (nSPS) is 12.0. The highest BCUT2D eigenvalue weighted by atomic mass is 35.5. The fourth-order valence-electron chi connectivity index (χ4n) is 4.82. The molecule has 0 heterocycles. The minimum Gasteiger partial charge on any atom is -0.352 e. The lowest BCUT2D eigenvalue weighted by atomic mass is 10.0. The highest BCUT2D eigenvalue weighted by Gasteiger charge is 2.35. The van der Waals surface area contributed by atoms with Gasteiger partial charge in [-0.15, -0.1) is 0 Å². The second-order valence-electron chi connectivity index (χ2n) is 11.1. The van der Waals surface area contributed by atoms with E-state index < -0.39 is 28.5 Å². The molecule has 4 rings (SSSR count). The van der Waals surface area contributed by atoms with Crippen molar-refractivity contribution in [2.24, 2.45) is 0 Å². The molecule has 230 valence electrons. The summed E-state index contributed by atoms with van der Waals surface area (Å²) in [5.41, 5.74) is 3.60. The molecule has 0 unspecified atom stereocenters. The summed E-state index contributed by atoms with van der Waals surface area (Å²) in [7, 11) is -4.20. The lowest BCUT2D eigenvalue weighted by Gasteiger charge is -2.34. The fraction of sp³-hybridized carbons (Fsp3) is 0.257. The molecule has 9 heteroatoms. The summed E-state index contributed by atoms with van der Waals surface area (Å²) < 4.78 is 29.3. The van der Waals surface area contributed by atoms with E-state index in [1.807, 2.05) is 88.4 Å².